The lowest BCUT2D eigenvalue weighted by atomic mass is 9.79. The van der Waals surface area contributed by atoms with Crippen LogP contribution < -0.4 is 0 Å². The van der Waals surface area contributed by atoms with Crippen LogP contribution in [0.25, 0.3) is 0 Å². The van der Waals surface area contributed by atoms with E-state index < -0.39 is 18.3 Å². The van der Waals surface area contributed by atoms with E-state index in [1.807, 2.05) is 27.7 Å². The van der Waals surface area contributed by atoms with Crippen molar-refractivity contribution in [3.8, 4) is 0 Å². The third-order valence-corrected chi connectivity index (χ3v) is 4.90. The lowest BCUT2D eigenvalue weighted by Gasteiger charge is -2.32. The number of hydrogen-bond acceptors (Lipinski definition) is 4. The second-order valence-corrected chi connectivity index (χ2v) is 7.09. The van der Waals surface area contributed by atoms with Gasteiger partial charge in [-0.05, 0) is 65.9 Å². The van der Waals surface area contributed by atoms with Gasteiger partial charge >= 0.3 is 13.1 Å². The van der Waals surface area contributed by atoms with Gasteiger partial charge in [0.15, 0.2) is 0 Å². The van der Waals surface area contributed by atoms with Crippen LogP contribution >= 0.6 is 0 Å². The van der Waals surface area contributed by atoms with Crippen LogP contribution in [0, 0.1) is 0 Å². The molecule has 0 radical (unpaired) electrons. The fourth-order valence-electron chi connectivity index (χ4n) is 2.72. The summed E-state index contributed by atoms with van der Waals surface area (Å²) in [7, 11) is -0.925. The molecule has 0 aromatic carbocycles. The normalized spacial score (nSPS) is 23.0. The van der Waals surface area contributed by atoms with E-state index in [0.717, 1.165) is 11.1 Å². The van der Waals surface area contributed by atoms with Crippen molar-refractivity contribution in [3.63, 3.8) is 0 Å². The smallest absolute Gasteiger partial charge is 0.463 e. The summed E-state index contributed by atoms with van der Waals surface area (Å²) in [6.07, 6.45) is 4.04. The number of halogens is 1. The van der Waals surface area contributed by atoms with Gasteiger partial charge in [0.1, 0.15) is 5.73 Å². The van der Waals surface area contributed by atoms with Crippen LogP contribution in [0.4, 0.5) is 4.39 Å². The fraction of sp³-hybridized carbons (Fsp3) is 0.706. The number of esters is 1. The highest BCUT2D eigenvalue weighted by molar-refractivity contribution is 6.53. The Morgan fingerprint density at radius 1 is 1.17 bits per heavy atom. The summed E-state index contributed by atoms with van der Waals surface area (Å²) in [6, 6.07) is 0. The first kappa shape index (κ1) is 18.2. The van der Waals surface area contributed by atoms with Crippen molar-refractivity contribution >= 4 is 13.1 Å². The largest absolute Gasteiger partial charge is 0.525 e. The summed E-state index contributed by atoms with van der Waals surface area (Å²) < 4.78 is 31.1. The molecule has 0 amide bonds. The molecule has 23 heavy (non-hydrogen) atoms. The van der Waals surface area contributed by atoms with Crippen LogP contribution in [0.5, 0.6) is 0 Å². The number of carbonyl (C=O) groups is 1. The van der Waals surface area contributed by atoms with E-state index in [1.165, 1.54) is 6.08 Å². The molecule has 0 atom stereocenters. The topological polar surface area (TPSA) is 44.8 Å². The van der Waals surface area contributed by atoms with E-state index in [9.17, 15) is 9.18 Å². The average molecular weight is 324 g/mol. The standard InChI is InChI=1S/C17H26BFO4/c1-6-21-14(20)11-12-7-9-13(10-8-12)15(19)18-22-16(2,3)17(4,5)23-18/h11H,6-10H2,1-5H3. The molecule has 0 spiro atoms. The summed E-state index contributed by atoms with van der Waals surface area (Å²) in [4.78, 5) is 11.5. The molecule has 0 N–H and O–H groups in total. The van der Waals surface area contributed by atoms with Crippen LogP contribution in [-0.4, -0.2) is 30.9 Å². The summed E-state index contributed by atoms with van der Waals surface area (Å²) in [5.74, 6) is -0.318. The molecule has 1 heterocycles. The molecule has 1 saturated carbocycles. The lowest BCUT2D eigenvalue weighted by molar-refractivity contribution is -0.137. The maximum absolute atomic E-state index is 14.7. The van der Waals surface area contributed by atoms with Gasteiger partial charge in [0.05, 0.1) is 17.8 Å². The molecule has 1 aliphatic carbocycles. The van der Waals surface area contributed by atoms with Crippen molar-refractivity contribution < 1.29 is 23.2 Å². The van der Waals surface area contributed by atoms with Crippen molar-refractivity contribution in [2.45, 2.75) is 71.5 Å². The minimum absolute atomic E-state index is 0.307. The van der Waals surface area contributed by atoms with Gasteiger partial charge in [0.25, 0.3) is 0 Å². The Morgan fingerprint density at radius 3 is 2.17 bits per heavy atom. The Bertz CT molecular complexity index is 509. The summed E-state index contributed by atoms with van der Waals surface area (Å²) in [5, 5.41) is 0. The van der Waals surface area contributed by atoms with E-state index in [4.69, 9.17) is 14.0 Å². The summed E-state index contributed by atoms with van der Waals surface area (Å²) in [6.45, 7) is 9.78. The minimum atomic E-state index is -0.925. The molecule has 2 fully saturated rings. The van der Waals surface area contributed by atoms with Gasteiger partial charge in [-0.25, -0.2) is 9.18 Å². The first-order chi connectivity index (χ1) is 10.7. The van der Waals surface area contributed by atoms with Crippen LogP contribution in [-0.2, 0) is 18.8 Å². The van der Waals surface area contributed by atoms with Crippen molar-refractivity contribution in [3.05, 3.63) is 22.9 Å². The van der Waals surface area contributed by atoms with E-state index in [0.29, 0.717) is 32.3 Å². The van der Waals surface area contributed by atoms with Crippen LogP contribution in [0.15, 0.2) is 22.9 Å². The molecule has 0 bridgehead atoms. The number of allylic oxidation sites excluding steroid dienone is 2. The van der Waals surface area contributed by atoms with Crippen molar-refractivity contribution in [2.75, 3.05) is 6.61 Å². The minimum Gasteiger partial charge on any atom is -0.463 e. The number of rotatable bonds is 3. The van der Waals surface area contributed by atoms with E-state index in [1.54, 1.807) is 6.92 Å². The molecule has 0 aromatic heterocycles. The predicted molar refractivity (Wildman–Crippen MR) is 87.4 cm³/mol. The molecule has 128 valence electrons. The number of ether oxygens (including phenoxy) is 1. The Labute approximate surface area is 138 Å². The predicted octanol–water partition coefficient (Wildman–Crippen LogP) is 3.90. The van der Waals surface area contributed by atoms with Gasteiger partial charge in [0.2, 0.25) is 0 Å². The highest BCUT2D eigenvalue weighted by Gasteiger charge is 2.53. The van der Waals surface area contributed by atoms with Gasteiger partial charge in [0, 0.05) is 6.08 Å². The zero-order chi connectivity index (χ0) is 17.3. The highest BCUT2D eigenvalue weighted by Crippen LogP contribution is 2.41. The summed E-state index contributed by atoms with van der Waals surface area (Å²) >= 11 is 0. The fourth-order valence-corrected chi connectivity index (χ4v) is 2.72. The monoisotopic (exact) mass is 324 g/mol. The first-order valence-corrected chi connectivity index (χ1v) is 8.25. The molecule has 1 aliphatic heterocycles. The van der Waals surface area contributed by atoms with Gasteiger partial charge in [-0.15, -0.1) is 0 Å². The Kier molecular flexibility index (Phi) is 5.36. The number of carbonyl (C=O) groups excluding carboxylic acids is 1. The molecule has 1 saturated heterocycles. The molecule has 2 aliphatic rings. The molecule has 6 heteroatoms. The quantitative estimate of drug-likeness (QED) is 0.449. The Hall–Kier alpha value is -1.14. The SMILES string of the molecule is CCOC(=O)C=C1CCC(=C(F)B2OC(C)(C)C(C)(C)O2)CC1. The van der Waals surface area contributed by atoms with Crippen molar-refractivity contribution in [1.29, 1.82) is 0 Å². The second kappa shape index (κ2) is 6.77. The van der Waals surface area contributed by atoms with Crippen LogP contribution in [0.2, 0.25) is 0 Å². The average Bonchev–Trinajstić information content (AvgIpc) is 2.68. The third-order valence-electron chi connectivity index (χ3n) is 4.90. The van der Waals surface area contributed by atoms with Crippen LogP contribution in [0.3, 0.4) is 0 Å². The van der Waals surface area contributed by atoms with Gasteiger partial charge in [-0.1, -0.05) is 5.57 Å². The van der Waals surface area contributed by atoms with Gasteiger partial charge in [-0.3, -0.25) is 0 Å². The Morgan fingerprint density at radius 2 is 1.70 bits per heavy atom. The summed E-state index contributed by atoms with van der Waals surface area (Å²) in [5.41, 5.74) is 0.343. The third kappa shape index (κ3) is 4.04. The highest BCUT2D eigenvalue weighted by atomic mass is 19.1. The second-order valence-electron chi connectivity index (χ2n) is 7.09. The van der Waals surface area contributed by atoms with E-state index in [-0.39, 0.29) is 11.7 Å². The molecular formula is C17H26BFO4. The molecular weight excluding hydrogens is 298 g/mol. The molecule has 2 rings (SSSR count). The zero-order valence-electron chi connectivity index (χ0n) is 14.7. The number of hydrogen-bond donors (Lipinski definition) is 0. The van der Waals surface area contributed by atoms with Gasteiger partial charge < -0.3 is 14.0 Å². The maximum Gasteiger partial charge on any atom is 0.525 e. The molecule has 4 nitrogen and oxygen atoms in total. The van der Waals surface area contributed by atoms with Crippen molar-refractivity contribution in [1.82, 2.24) is 0 Å². The molecule has 0 aromatic rings. The van der Waals surface area contributed by atoms with E-state index >= 15 is 0 Å². The lowest BCUT2D eigenvalue weighted by Crippen LogP contribution is -2.41. The molecule has 0 unspecified atom stereocenters. The Balaban J connectivity index is 2.01. The zero-order valence-corrected chi connectivity index (χ0v) is 14.7. The van der Waals surface area contributed by atoms with E-state index in [2.05, 4.69) is 0 Å². The van der Waals surface area contributed by atoms with Crippen molar-refractivity contribution in [2.24, 2.45) is 0 Å². The maximum atomic E-state index is 14.7. The van der Waals surface area contributed by atoms with Gasteiger partial charge in [-0.2, -0.15) is 0 Å². The first-order valence-electron chi connectivity index (χ1n) is 8.25. The van der Waals surface area contributed by atoms with Crippen LogP contribution in [0.1, 0.15) is 60.3 Å².